The fourth-order valence-corrected chi connectivity index (χ4v) is 0.871. The molecule has 0 unspecified atom stereocenters. The van der Waals surface area contributed by atoms with Crippen molar-refractivity contribution in [2.45, 2.75) is 0 Å². The van der Waals surface area contributed by atoms with Gasteiger partial charge in [-0.1, -0.05) is 0 Å². The van der Waals surface area contributed by atoms with Gasteiger partial charge in [0.05, 0.1) is 0 Å². The van der Waals surface area contributed by atoms with Crippen molar-refractivity contribution in [2.24, 2.45) is 0 Å². The minimum absolute atomic E-state index is 0.778. The van der Waals surface area contributed by atoms with Gasteiger partial charge in [-0.3, -0.25) is 0 Å². The second-order valence-corrected chi connectivity index (χ2v) is 2.36. The van der Waals surface area contributed by atoms with Crippen LogP contribution in [0.2, 0.25) is 0 Å². The van der Waals surface area contributed by atoms with E-state index in [1.807, 2.05) is 6.07 Å². The lowest BCUT2D eigenvalue weighted by atomic mass is 10.7. The van der Waals surface area contributed by atoms with Crippen molar-refractivity contribution in [2.75, 3.05) is 0 Å². The van der Waals surface area contributed by atoms with Gasteiger partial charge in [0.15, 0.2) is 0 Å². The summed E-state index contributed by atoms with van der Waals surface area (Å²) in [6, 6.07) is 3.58. The molecule has 1 heterocycles. The van der Waals surface area contributed by atoms with Crippen LogP contribution < -0.4 is 5.32 Å². The Morgan fingerprint density at radius 1 is 1.71 bits per heavy atom. The van der Waals surface area contributed by atoms with E-state index in [0.717, 1.165) is 5.32 Å². The molecule has 0 fully saturated rings. The smallest absolute Gasteiger partial charge is 0.263 e. The number of rotatable bonds is 1. The molecule has 1 aromatic rings. The topological polar surface area (TPSA) is 15.8 Å². The molecule has 38 valence electrons. The Morgan fingerprint density at radius 3 is 2.86 bits per heavy atom. The van der Waals surface area contributed by atoms with Crippen LogP contribution >= 0.6 is 0 Å². The molecule has 3 heteroatoms. The van der Waals surface area contributed by atoms with E-state index >= 15 is 0 Å². The maximum absolute atomic E-state index is 11.7. The summed E-state index contributed by atoms with van der Waals surface area (Å²) in [4.78, 5) is 2.77. The Kier molecular flexibility index (Phi) is 1.26. The van der Waals surface area contributed by atoms with Crippen molar-refractivity contribution < 1.29 is 4.11 Å². The highest BCUT2D eigenvalue weighted by atomic mass is 28.3. The third kappa shape index (κ3) is 0.897. The molecule has 0 bridgehead atoms. The first-order chi connectivity index (χ1) is 3.43. The van der Waals surface area contributed by atoms with Gasteiger partial charge < -0.3 is 9.09 Å². The zero-order chi connectivity index (χ0) is 5.11. The summed E-state index contributed by atoms with van der Waals surface area (Å²) in [5, 5.41) is 0.778. The Balaban J connectivity index is 2.76. The summed E-state index contributed by atoms with van der Waals surface area (Å²) in [6.45, 7) is 0. The molecule has 0 amide bonds. The van der Waals surface area contributed by atoms with Crippen LogP contribution in [0.5, 0.6) is 0 Å². The van der Waals surface area contributed by atoms with Crippen LogP contribution in [-0.2, 0) is 0 Å². The maximum Gasteiger partial charge on any atom is 0.263 e. The van der Waals surface area contributed by atoms with Crippen LogP contribution in [0.25, 0.3) is 0 Å². The van der Waals surface area contributed by atoms with Crippen molar-refractivity contribution in [1.82, 2.24) is 4.98 Å². The number of aromatic nitrogens is 1. The lowest BCUT2D eigenvalue weighted by Crippen LogP contribution is -2.08. The lowest BCUT2D eigenvalue weighted by Gasteiger charge is -1.76. The Morgan fingerprint density at radius 2 is 2.57 bits per heavy atom. The summed E-state index contributed by atoms with van der Waals surface area (Å²) < 4.78 is 11.7. The third-order valence-corrected chi connectivity index (χ3v) is 1.53. The van der Waals surface area contributed by atoms with Crippen molar-refractivity contribution >= 4 is 15.2 Å². The number of H-pyrrole nitrogens is 1. The standard InChI is InChI=1S/C4H6FNSi/c5-7-4-2-1-3-6-4/h1-3,6H,7H2. The van der Waals surface area contributed by atoms with Crippen LogP contribution in [0.4, 0.5) is 4.11 Å². The van der Waals surface area contributed by atoms with E-state index < -0.39 is 9.85 Å². The summed E-state index contributed by atoms with van der Waals surface area (Å²) >= 11 is 0. The van der Waals surface area contributed by atoms with E-state index in [2.05, 4.69) is 4.98 Å². The molecule has 1 aromatic heterocycles. The maximum atomic E-state index is 11.7. The van der Waals surface area contributed by atoms with E-state index in [-0.39, 0.29) is 0 Å². The van der Waals surface area contributed by atoms with E-state index in [1.165, 1.54) is 0 Å². The van der Waals surface area contributed by atoms with Gasteiger partial charge in [-0.05, 0) is 12.1 Å². The van der Waals surface area contributed by atoms with Crippen LogP contribution in [-0.4, -0.2) is 14.8 Å². The summed E-state index contributed by atoms with van der Waals surface area (Å²) in [5.41, 5.74) is 0. The van der Waals surface area contributed by atoms with Crippen LogP contribution in [0.3, 0.4) is 0 Å². The molecule has 0 radical (unpaired) electrons. The normalized spacial score (nSPS) is 11.0. The quantitative estimate of drug-likeness (QED) is 0.382. The molecular formula is C4H6FNSi. The van der Waals surface area contributed by atoms with Crippen molar-refractivity contribution in [3.8, 4) is 0 Å². The number of hydrogen-bond acceptors (Lipinski definition) is 0. The largest absolute Gasteiger partial charge is 0.366 e. The van der Waals surface area contributed by atoms with E-state index in [4.69, 9.17) is 0 Å². The van der Waals surface area contributed by atoms with Crippen LogP contribution in [0, 0.1) is 0 Å². The Labute approximate surface area is 43.6 Å². The van der Waals surface area contributed by atoms with E-state index in [0.29, 0.717) is 0 Å². The monoisotopic (exact) mass is 115 g/mol. The van der Waals surface area contributed by atoms with Gasteiger partial charge in [0.25, 0.3) is 9.85 Å². The fourth-order valence-electron chi connectivity index (χ4n) is 0.451. The predicted molar refractivity (Wildman–Crippen MR) is 30.1 cm³/mol. The highest BCUT2D eigenvalue weighted by Crippen LogP contribution is 1.73. The lowest BCUT2D eigenvalue weighted by molar-refractivity contribution is 0.882. The molecule has 1 N–H and O–H groups in total. The summed E-state index contributed by atoms with van der Waals surface area (Å²) in [5.74, 6) is 0. The molecule has 7 heavy (non-hydrogen) atoms. The van der Waals surface area contributed by atoms with Gasteiger partial charge in [-0.15, -0.1) is 0 Å². The predicted octanol–water partition coefficient (Wildman–Crippen LogP) is -0.307. The minimum atomic E-state index is -1.42. The number of hydrogen-bond donors (Lipinski definition) is 1. The molecule has 0 saturated carbocycles. The molecule has 1 rings (SSSR count). The second-order valence-electron chi connectivity index (χ2n) is 1.33. The van der Waals surface area contributed by atoms with Gasteiger partial charge in [-0.25, -0.2) is 0 Å². The van der Waals surface area contributed by atoms with E-state index in [1.54, 1.807) is 12.3 Å². The highest BCUT2D eigenvalue weighted by molar-refractivity contribution is 6.44. The fraction of sp³-hybridized carbons (Fsp3) is 0. The van der Waals surface area contributed by atoms with Crippen LogP contribution in [0.15, 0.2) is 18.3 Å². The first kappa shape index (κ1) is 4.58. The zero-order valence-electron chi connectivity index (χ0n) is 3.82. The van der Waals surface area contributed by atoms with Crippen molar-refractivity contribution in [3.63, 3.8) is 0 Å². The first-order valence-electron chi connectivity index (χ1n) is 2.11. The molecule has 0 aromatic carbocycles. The minimum Gasteiger partial charge on any atom is -0.366 e. The van der Waals surface area contributed by atoms with Gasteiger partial charge in [-0.2, -0.15) is 0 Å². The van der Waals surface area contributed by atoms with Gasteiger partial charge in [0, 0.05) is 11.5 Å². The average molecular weight is 115 g/mol. The zero-order valence-corrected chi connectivity index (χ0v) is 5.23. The van der Waals surface area contributed by atoms with Crippen LogP contribution in [0.1, 0.15) is 0 Å². The molecule has 0 saturated heterocycles. The molecule has 0 aliphatic carbocycles. The first-order valence-corrected chi connectivity index (χ1v) is 3.36. The van der Waals surface area contributed by atoms with Crippen molar-refractivity contribution in [1.29, 1.82) is 0 Å². The number of halogens is 1. The number of aromatic amines is 1. The number of nitrogens with one attached hydrogen (secondary N) is 1. The summed E-state index contributed by atoms with van der Waals surface area (Å²) in [7, 11) is -1.42. The molecule has 0 aliphatic rings. The SMILES string of the molecule is F[SiH2]c1ccc[nH]1. The molecule has 1 nitrogen and oxygen atoms in total. The summed E-state index contributed by atoms with van der Waals surface area (Å²) in [6.07, 6.45) is 1.74. The highest BCUT2D eigenvalue weighted by Gasteiger charge is 1.86. The molecule has 0 spiro atoms. The molecule has 0 atom stereocenters. The average Bonchev–Trinajstić information content (AvgIpc) is 2.14. The molecule has 0 aliphatic heterocycles. The van der Waals surface area contributed by atoms with Gasteiger partial charge in [0.2, 0.25) is 0 Å². The van der Waals surface area contributed by atoms with Crippen molar-refractivity contribution in [3.05, 3.63) is 18.3 Å². The Bertz CT molecular complexity index is 126. The van der Waals surface area contributed by atoms with Gasteiger partial charge in [0.1, 0.15) is 0 Å². The second kappa shape index (κ2) is 1.93. The van der Waals surface area contributed by atoms with Gasteiger partial charge >= 0.3 is 0 Å². The Hall–Kier alpha value is -0.573. The third-order valence-electron chi connectivity index (χ3n) is 0.806. The molecular weight excluding hydrogens is 109 g/mol. The van der Waals surface area contributed by atoms with E-state index in [9.17, 15) is 4.11 Å².